The zero-order valence-electron chi connectivity index (χ0n) is 10.3. The molecular formula is C12H22N4. The van der Waals surface area contributed by atoms with Gasteiger partial charge in [-0.05, 0) is 18.8 Å². The Morgan fingerprint density at radius 2 is 2.31 bits per heavy atom. The van der Waals surface area contributed by atoms with E-state index in [-0.39, 0.29) is 0 Å². The zero-order valence-corrected chi connectivity index (χ0v) is 10.3. The van der Waals surface area contributed by atoms with E-state index in [0.29, 0.717) is 12.5 Å². The lowest BCUT2D eigenvalue weighted by Gasteiger charge is -2.22. The summed E-state index contributed by atoms with van der Waals surface area (Å²) in [5, 5.41) is 8.67. The third kappa shape index (κ3) is 2.12. The minimum atomic E-state index is 0.389. The largest absolute Gasteiger partial charge is 0.330 e. The zero-order chi connectivity index (χ0) is 11.5. The molecule has 4 heteroatoms. The Labute approximate surface area is 97.2 Å². The number of nitrogens with two attached hydrogens (primary N) is 1. The maximum Gasteiger partial charge on any atom is 0.137 e. The summed E-state index contributed by atoms with van der Waals surface area (Å²) in [6, 6.07) is 0. The fraction of sp³-hybridized carbons (Fsp3) is 0.833. The molecule has 0 bridgehead atoms. The van der Waals surface area contributed by atoms with Crippen LogP contribution in [0.1, 0.15) is 50.7 Å². The lowest BCUT2D eigenvalue weighted by Crippen LogP contribution is -2.23. The van der Waals surface area contributed by atoms with Crippen molar-refractivity contribution >= 4 is 0 Å². The van der Waals surface area contributed by atoms with Crippen molar-refractivity contribution in [3.05, 3.63) is 11.6 Å². The van der Waals surface area contributed by atoms with Crippen molar-refractivity contribution in [2.75, 3.05) is 6.54 Å². The van der Waals surface area contributed by atoms with Gasteiger partial charge < -0.3 is 10.3 Å². The SMILES string of the molecule is CCCC(CN)c1nnc2n1CCC(C)C2. The van der Waals surface area contributed by atoms with Crippen LogP contribution < -0.4 is 5.73 Å². The van der Waals surface area contributed by atoms with Gasteiger partial charge in [0.1, 0.15) is 11.6 Å². The first-order chi connectivity index (χ1) is 7.76. The smallest absolute Gasteiger partial charge is 0.137 e. The monoisotopic (exact) mass is 222 g/mol. The van der Waals surface area contributed by atoms with Crippen LogP contribution in [0.3, 0.4) is 0 Å². The molecule has 1 aliphatic heterocycles. The van der Waals surface area contributed by atoms with E-state index in [1.807, 2.05) is 0 Å². The Morgan fingerprint density at radius 1 is 1.50 bits per heavy atom. The number of hydrogen-bond acceptors (Lipinski definition) is 3. The molecule has 2 atom stereocenters. The van der Waals surface area contributed by atoms with Crippen LogP contribution in [-0.4, -0.2) is 21.3 Å². The van der Waals surface area contributed by atoms with Crippen molar-refractivity contribution in [1.82, 2.24) is 14.8 Å². The average molecular weight is 222 g/mol. The molecule has 90 valence electrons. The van der Waals surface area contributed by atoms with Crippen LogP contribution in [0.5, 0.6) is 0 Å². The fourth-order valence-electron chi connectivity index (χ4n) is 2.51. The molecule has 0 aliphatic carbocycles. The molecule has 1 aromatic rings. The predicted octanol–water partition coefficient (Wildman–Crippen LogP) is 1.70. The van der Waals surface area contributed by atoms with E-state index >= 15 is 0 Å². The summed E-state index contributed by atoms with van der Waals surface area (Å²) in [4.78, 5) is 0. The highest BCUT2D eigenvalue weighted by atomic mass is 15.3. The van der Waals surface area contributed by atoms with Gasteiger partial charge in [-0.1, -0.05) is 20.3 Å². The van der Waals surface area contributed by atoms with E-state index in [0.717, 1.165) is 43.4 Å². The van der Waals surface area contributed by atoms with Gasteiger partial charge in [-0.3, -0.25) is 0 Å². The normalized spacial score (nSPS) is 21.8. The molecule has 2 heterocycles. The maximum atomic E-state index is 5.83. The number of rotatable bonds is 4. The standard InChI is InChI=1S/C12H22N4/c1-3-4-10(8-13)12-15-14-11-7-9(2)5-6-16(11)12/h9-10H,3-8,13H2,1-2H3. The first-order valence-corrected chi connectivity index (χ1v) is 6.38. The maximum absolute atomic E-state index is 5.83. The van der Waals surface area contributed by atoms with Crippen molar-refractivity contribution in [3.8, 4) is 0 Å². The van der Waals surface area contributed by atoms with E-state index in [4.69, 9.17) is 5.73 Å². The number of aromatic nitrogens is 3. The summed E-state index contributed by atoms with van der Waals surface area (Å²) in [6.45, 7) is 6.23. The van der Waals surface area contributed by atoms with Gasteiger partial charge in [0.05, 0.1) is 0 Å². The molecule has 1 aromatic heterocycles. The lowest BCUT2D eigenvalue weighted by molar-refractivity contribution is 0.394. The van der Waals surface area contributed by atoms with E-state index in [9.17, 15) is 0 Å². The topological polar surface area (TPSA) is 56.7 Å². The van der Waals surface area contributed by atoms with Gasteiger partial charge in [-0.2, -0.15) is 0 Å². The third-order valence-corrected chi connectivity index (χ3v) is 3.52. The summed E-state index contributed by atoms with van der Waals surface area (Å²) in [7, 11) is 0. The van der Waals surface area contributed by atoms with Crippen LogP contribution in [0.15, 0.2) is 0 Å². The number of fused-ring (bicyclic) bond motifs is 1. The Balaban J connectivity index is 2.22. The Morgan fingerprint density at radius 3 is 3.00 bits per heavy atom. The van der Waals surface area contributed by atoms with Crippen molar-refractivity contribution in [3.63, 3.8) is 0 Å². The van der Waals surface area contributed by atoms with Crippen LogP contribution in [-0.2, 0) is 13.0 Å². The second kappa shape index (κ2) is 4.95. The van der Waals surface area contributed by atoms with Crippen LogP contribution in [0.4, 0.5) is 0 Å². The average Bonchev–Trinajstić information content (AvgIpc) is 2.68. The molecule has 4 nitrogen and oxygen atoms in total. The molecule has 1 aliphatic rings. The Kier molecular flexibility index (Phi) is 3.59. The van der Waals surface area contributed by atoms with Gasteiger partial charge in [-0.15, -0.1) is 10.2 Å². The Hall–Kier alpha value is -0.900. The van der Waals surface area contributed by atoms with Crippen LogP contribution in [0.25, 0.3) is 0 Å². The number of hydrogen-bond donors (Lipinski definition) is 1. The van der Waals surface area contributed by atoms with Crippen molar-refractivity contribution in [2.45, 2.75) is 52.0 Å². The third-order valence-electron chi connectivity index (χ3n) is 3.52. The molecule has 2 N–H and O–H groups in total. The van der Waals surface area contributed by atoms with Crippen LogP contribution >= 0.6 is 0 Å². The summed E-state index contributed by atoms with van der Waals surface area (Å²) in [6.07, 6.45) is 4.57. The molecule has 0 radical (unpaired) electrons. The molecule has 16 heavy (non-hydrogen) atoms. The fourth-order valence-corrected chi connectivity index (χ4v) is 2.51. The van der Waals surface area contributed by atoms with Gasteiger partial charge in [0.2, 0.25) is 0 Å². The van der Waals surface area contributed by atoms with E-state index < -0.39 is 0 Å². The molecule has 0 fully saturated rings. The van der Waals surface area contributed by atoms with Gasteiger partial charge in [0, 0.05) is 25.4 Å². The van der Waals surface area contributed by atoms with Crippen molar-refractivity contribution in [2.24, 2.45) is 11.7 Å². The molecule has 0 saturated heterocycles. The summed E-state index contributed by atoms with van der Waals surface area (Å²) in [5.41, 5.74) is 5.83. The quantitative estimate of drug-likeness (QED) is 0.843. The molecule has 2 rings (SSSR count). The van der Waals surface area contributed by atoms with Gasteiger partial charge >= 0.3 is 0 Å². The molecular weight excluding hydrogens is 200 g/mol. The van der Waals surface area contributed by atoms with E-state index in [2.05, 4.69) is 28.6 Å². The minimum absolute atomic E-state index is 0.389. The summed E-state index contributed by atoms with van der Waals surface area (Å²) in [5.74, 6) is 3.40. The highest BCUT2D eigenvalue weighted by Gasteiger charge is 2.23. The van der Waals surface area contributed by atoms with E-state index in [1.54, 1.807) is 0 Å². The molecule has 0 spiro atoms. The second-order valence-electron chi connectivity index (χ2n) is 4.95. The van der Waals surface area contributed by atoms with Crippen LogP contribution in [0.2, 0.25) is 0 Å². The summed E-state index contributed by atoms with van der Waals surface area (Å²) >= 11 is 0. The van der Waals surface area contributed by atoms with Crippen molar-refractivity contribution < 1.29 is 0 Å². The lowest BCUT2D eigenvalue weighted by atomic mass is 9.98. The predicted molar refractivity (Wildman–Crippen MR) is 64.2 cm³/mol. The molecule has 2 unspecified atom stereocenters. The minimum Gasteiger partial charge on any atom is -0.330 e. The number of nitrogens with zero attached hydrogens (tertiary/aromatic N) is 3. The second-order valence-corrected chi connectivity index (χ2v) is 4.95. The highest BCUT2D eigenvalue weighted by molar-refractivity contribution is 5.05. The molecule has 0 amide bonds. The first kappa shape index (κ1) is 11.6. The van der Waals surface area contributed by atoms with Crippen LogP contribution in [0, 0.1) is 5.92 Å². The molecule has 0 saturated carbocycles. The van der Waals surface area contributed by atoms with Gasteiger partial charge in [-0.25, -0.2) is 0 Å². The summed E-state index contributed by atoms with van der Waals surface area (Å²) < 4.78 is 2.30. The van der Waals surface area contributed by atoms with Gasteiger partial charge in [0.15, 0.2) is 0 Å². The Bertz CT molecular complexity index is 345. The highest BCUT2D eigenvalue weighted by Crippen LogP contribution is 2.25. The van der Waals surface area contributed by atoms with E-state index in [1.165, 1.54) is 6.42 Å². The van der Waals surface area contributed by atoms with Crippen molar-refractivity contribution in [1.29, 1.82) is 0 Å². The van der Waals surface area contributed by atoms with Gasteiger partial charge in [0.25, 0.3) is 0 Å². The molecule has 0 aromatic carbocycles. The first-order valence-electron chi connectivity index (χ1n) is 6.38.